The number of carbonyl (C=O) groups excluding carboxylic acids is 2. The van der Waals surface area contributed by atoms with Gasteiger partial charge in [0.25, 0.3) is 0 Å². The van der Waals surface area contributed by atoms with Gasteiger partial charge in [0, 0.05) is 23.8 Å². The standard InChI is InChI=1S/C14H15N3O3S/c1-20-14(19)13-10-4-8-21-11(10)3-7-17(13)12(18)9-16-6-2-5-15-16/h2,4-6,8,13H,3,7,9H2,1H3/t13-/m1/s1. The monoisotopic (exact) mass is 305 g/mol. The van der Waals surface area contributed by atoms with Crippen LogP contribution in [0, 0.1) is 0 Å². The van der Waals surface area contributed by atoms with E-state index in [9.17, 15) is 9.59 Å². The molecule has 2 aromatic heterocycles. The lowest BCUT2D eigenvalue weighted by molar-refractivity contribution is -0.154. The number of carbonyl (C=O) groups is 2. The minimum atomic E-state index is -0.645. The van der Waals surface area contributed by atoms with Crippen molar-refractivity contribution in [1.29, 1.82) is 0 Å². The number of ether oxygens (including phenoxy) is 1. The summed E-state index contributed by atoms with van der Waals surface area (Å²) in [6, 6.07) is 3.01. The molecule has 0 unspecified atom stereocenters. The van der Waals surface area contributed by atoms with Crippen molar-refractivity contribution in [2.75, 3.05) is 13.7 Å². The Bertz CT molecular complexity index is 650. The molecule has 7 heteroatoms. The molecule has 3 heterocycles. The Hall–Kier alpha value is -2.15. The Morgan fingerprint density at radius 1 is 1.52 bits per heavy atom. The zero-order valence-corrected chi connectivity index (χ0v) is 12.4. The molecule has 1 aliphatic heterocycles. The van der Waals surface area contributed by atoms with Gasteiger partial charge in [0.05, 0.1) is 7.11 Å². The van der Waals surface area contributed by atoms with Crippen LogP contribution >= 0.6 is 11.3 Å². The fraction of sp³-hybridized carbons (Fsp3) is 0.357. The van der Waals surface area contributed by atoms with Gasteiger partial charge >= 0.3 is 5.97 Å². The first-order valence-corrected chi connectivity index (χ1v) is 7.49. The molecule has 0 spiro atoms. The van der Waals surface area contributed by atoms with Gasteiger partial charge in [-0.25, -0.2) is 4.79 Å². The van der Waals surface area contributed by atoms with Gasteiger partial charge in [0.2, 0.25) is 5.91 Å². The van der Waals surface area contributed by atoms with E-state index < -0.39 is 12.0 Å². The number of aromatic nitrogens is 2. The van der Waals surface area contributed by atoms with E-state index in [-0.39, 0.29) is 12.5 Å². The normalized spacial score (nSPS) is 17.4. The third-order valence-electron chi connectivity index (χ3n) is 3.57. The molecule has 1 aliphatic rings. The van der Waals surface area contributed by atoms with Crippen LogP contribution in [0.15, 0.2) is 29.9 Å². The number of hydrogen-bond acceptors (Lipinski definition) is 5. The minimum absolute atomic E-state index is 0.125. The van der Waals surface area contributed by atoms with Crippen molar-refractivity contribution >= 4 is 23.2 Å². The Kier molecular flexibility index (Phi) is 3.74. The second-order valence-corrected chi connectivity index (χ2v) is 5.77. The molecule has 0 bridgehead atoms. The number of rotatable bonds is 3. The van der Waals surface area contributed by atoms with Crippen molar-refractivity contribution in [3.8, 4) is 0 Å². The molecule has 1 atom stereocenters. The molecule has 110 valence electrons. The number of nitrogens with zero attached hydrogens (tertiary/aromatic N) is 3. The van der Waals surface area contributed by atoms with E-state index in [1.165, 1.54) is 7.11 Å². The Balaban J connectivity index is 1.86. The molecule has 0 fully saturated rings. The fourth-order valence-electron chi connectivity index (χ4n) is 2.57. The summed E-state index contributed by atoms with van der Waals surface area (Å²) in [7, 11) is 1.35. The number of fused-ring (bicyclic) bond motifs is 1. The van der Waals surface area contributed by atoms with E-state index in [0.29, 0.717) is 6.54 Å². The second-order valence-electron chi connectivity index (χ2n) is 4.77. The quantitative estimate of drug-likeness (QED) is 0.801. The van der Waals surface area contributed by atoms with Crippen molar-refractivity contribution in [3.63, 3.8) is 0 Å². The lowest BCUT2D eigenvalue weighted by Gasteiger charge is -2.34. The molecular weight excluding hydrogens is 290 g/mol. The summed E-state index contributed by atoms with van der Waals surface area (Å²) < 4.78 is 6.44. The van der Waals surface area contributed by atoms with Crippen molar-refractivity contribution in [1.82, 2.24) is 14.7 Å². The van der Waals surface area contributed by atoms with Gasteiger partial charge in [-0.2, -0.15) is 5.10 Å². The van der Waals surface area contributed by atoms with Gasteiger partial charge in [0.15, 0.2) is 6.04 Å². The van der Waals surface area contributed by atoms with Gasteiger partial charge in [-0.3, -0.25) is 9.48 Å². The maximum absolute atomic E-state index is 12.5. The van der Waals surface area contributed by atoms with E-state index in [4.69, 9.17) is 4.74 Å². The highest BCUT2D eigenvalue weighted by Crippen LogP contribution is 2.34. The molecule has 0 saturated heterocycles. The summed E-state index contributed by atoms with van der Waals surface area (Å²) in [5, 5.41) is 5.98. The first-order valence-electron chi connectivity index (χ1n) is 6.61. The van der Waals surface area contributed by atoms with Crippen LogP contribution in [0.3, 0.4) is 0 Å². The number of thiophene rings is 1. The van der Waals surface area contributed by atoms with Gasteiger partial charge in [-0.1, -0.05) is 0 Å². The van der Waals surface area contributed by atoms with Crippen molar-refractivity contribution in [2.45, 2.75) is 19.0 Å². The van der Waals surface area contributed by atoms with Crippen LogP contribution in [0.2, 0.25) is 0 Å². The van der Waals surface area contributed by atoms with E-state index in [1.807, 2.05) is 11.4 Å². The SMILES string of the molecule is COC(=O)[C@H]1c2ccsc2CCN1C(=O)Cn1cccn1. The Morgan fingerprint density at radius 2 is 2.38 bits per heavy atom. The van der Waals surface area contributed by atoms with Gasteiger partial charge in [0.1, 0.15) is 6.54 Å². The summed E-state index contributed by atoms with van der Waals surface area (Å²) in [5.74, 6) is -0.533. The smallest absolute Gasteiger partial charge is 0.333 e. The average Bonchev–Trinajstić information content (AvgIpc) is 3.15. The summed E-state index contributed by atoms with van der Waals surface area (Å²) in [6.45, 7) is 0.646. The summed E-state index contributed by atoms with van der Waals surface area (Å²) in [6.07, 6.45) is 4.12. The molecule has 0 aromatic carbocycles. The van der Waals surface area contributed by atoms with Crippen molar-refractivity contribution in [2.24, 2.45) is 0 Å². The van der Waals surface area contributed by atoms with Crippen LogP contribution in [0.5, 0.6) is 0 Å². The molecule has 1 amide bonds. The molecule has 0 aliphatic carbocycles. The molecule has 3 rings (SSSR count). The topological polar surface area (TPSA) is 64.4 Å². The Labute approximate surface area is 125 Å². The first-order chi connectivity index (χ1) is 10.2. The predicted molar refractivity (Wildman–Crippen MR) is 76.7 cm³/mol. The maximum Gasteiger partial charge on any atom is 0.333 e. The van der Waals surface area contributed by atoms with E-state index in [1.54, 1.807) is 39.4 Å². The number of methoxy groups -OCH3 is 1. The zero-order chi connectivity index (χ0) is 14.8. The maximum atomic E-state index is 12.5. The number of hydrogen-bond donors (Lipinski definition) is 0. The van der Waals surface area contributed by atoms with E-state index in [2.05, 4.69) is 5.10 Å². The fourth-order valence-corrected chi connectivity index (χ4v) is 3.48. The molecule has 0 saturated carbocycles. The van der Waals surface area contributed by atoms with Crippen LogP contribution < -0.4 is 0 Å². The largest absolute Gasteiger partial charge is 0.467 e. The first kappa shape index (κ1) is 13.8. The van der Waals surface area contributed by atoms with Gasteiger partial charge in [-0.15, -0.1) is 11.3 Å². The highest BCUT2D eigenvalue weighted by Gasteiger charge is 2.37. The highest BCUT2D eigenvalue weighted by atomic mass is 32.1. The summed E-state index contributed by atoms with van der Waals surface area (Å²) in [4.78, 5) is 27.3. The zero-order valence-electron chi connectivity index (χ0n) is 11.6. The number of amides is 1. The predicted octanol–water partition coefficient (Wildman–Crippen LogP) is 1.24. The molecule has 21 heavy (non-hydrogen) atoms. The van der Waals surface area contributed by atoms with Crippen LogP contribution in [0.4, 0.5) is 0 Å². The summed E-state index contributed by atoms with van der Waals surface area (Å²) in [5.41, 5.74) is 0.881. The van der Waals surface area contributed by atoms with Crippen molar-refractivity contribution in [3.05, 3.63) is 40.3 Å². The van der Waals surface area contributed by atoms with E-state index >= 15 is 0 Å². The van der Waals surface area contributed by atoms with E-state index in [0.717, 1.165) is 16.9 Å². The summed E-state index contributed by atoms with van der Waals surface area (Å²) >= 11 is 1.61. The average molecular weight is 305 g/mol. The van der Waals surface area contributed by atoms with Crippen LogP contribution in [0.1, 0.15) is 16.5 Å². The van der Waals surface area contributed by atoms with Crippen LogP contribution in [-0.4, -0.2) is 40.2 Å². The highest BCUT2D eigenvalue weighted by molar-refractivity contribution is 7.10. The molecule has 0 radical (unpaired) electrons. The third-order valence-corrected chi connectivity index (χ3v) is 4.56. The van der Waals surface area contributed by atoms with Gasteiger partial charge in [-0.05, 0) is 29.5 Å². The number of esters is 1. The molecule has 6 nitrogen and oxygen atoms in total. The lowest BCUT2D eigenvalue weighted by atomic mass is 10.00. The van der Waals surface area contributed by atoms with Crippen LogP contribution in [0.25, 0.3) is 0 Å². The molecule has 2 aromatic rings. The third kappa shape index (κ3) is 2.56. The van der Waals surface area contributed by atoms with Crippen LogP contribution in [-0.2, 0) is 27.3 Å². The Morgan fingerprint density at radius 3 is 3.10 bits per heavy atom. The minimum Gasteiger partial charge on any atom is -0.467 e. The lowest BCUT2D eigenvalue weighted by Crippen LogP contribution is -2.44. The molecule has 0 N–H and O–H groups in total. The second kappa shape index (κ2) is 5.69. The van der Waals surface area contributed by atoms with Crippen molar-refractivity contribution < 1.29 is 14.3 Å². The van der Waals surface area contributed by atoms with Gasteiger partial charge < -0.3 is 9.64 Å². The molecular formula is C14H15N3O3S.